The molecule has 0 heterocycles. The first-order valence-corrected chi connectivity index (χ1v) is 4.57. The first-order valence-electron chi connectivity index (χ1n) is 4.57. The Morgan fingerprint density at radius 1 is 1.20 bits per heavy atom. The third-order valence-corrected chi connectivity index (χ3v) is 1.68. The minimum absolute atomic E-state index is 0.252. The number of rotatable bonds is 6. The molecular formula is C11H16O4. The van der Waals surface area contributed by atoms with E-state index >= 15 is 0 Å². The second kappa shape index (κ2) is 6.81. The Labute approximate surface area is 89.6 Å². The fourth-order valence-corrected chi connectivity index (χ4v) is 0.820. The first-order chi connectivity index (χ1) is 6.99. The number of ether oxygens (including phenoxy) is 2. The molecule has 4 nitrogen and oxygen atoms in total. The van der Waals surface area contributed by atoms with Gasteiger partial charge in [-0.2, -0.15) is 0 Å². The summed E-state index contributed by atoms with van der Waals surface area (Å²) in [6.45, 7) is 8.82. The molecule has 0 aliphatic heterocycles. The van der Waals surface area contributed by atoms with Gasteiger partial charge >= 0.3 is 11.9 Å². The first kappa shape index (κ1) is 13.4. The maximum atomic E-state index is 10.9. The van der Waals surface area contributed by atoms with Crippen LogP contribution >= 0.6 is 0 Å². The van der Waals surface area contributed by atoms with E-state index in [1.807, 2.05) is 0 Å². The largest absolute Gasteiger partial charge is 0.466 e. The Morgan fingerprint density at radius 3 is 2.27 bits per heavy atom. The van der Waals surface area contributed by atoms with Gasteiger partial charge in [0, 0.05) is 11.1 Å². The number of carbonyl (C=O) groups excluding carboxylic acids is 2. The zero-order chi connectivity index (χ0) is 11.8. The average Bonchev–Trinajstić information content (AvgIpc) is 2.22. The maximum absolute atomic E-state index is 10.9. The Morgan fingerprint density at radius 2 is 1.80 bits per heavy atom. The zero-order valence-electron chi connectivity index (χ0n) is 9.17. The van der Waals surface area contributed by atoms with Crippen molar-refractivity contribution in [2.45, 2.75) is 19.8 Å². The van der Waals surface area contributed by atoms with Crippen molar-refractivity contribution in [3.8, 4) is 0 Å². The molecule has 0 fully saturated rings. The number of hydrogen-bond acceptors (Lipinski definition) is 4. The second-order valence-electron chi connectivity index (χ2n) is 3.11. The standard InChI is InChI=1S/C11H16O4/c1-8(2)10(12)15-7-5-6-9(3)11(13)14-4/h1,3,5-7H2,2,4H3. The summed E-state index contributed by atoms with van der Waals surface area (Å²) in [5, 5.41) is 0. The number of methoxy groups -OCH3 is 1. The van der Waals surface area contributed by atoms with Gasteiger partial charge in [-0.05, 0) is 19.8 Å². The molecule has 0 aromatic heterocycles. The van der Waals surface area contributed by atoms with Gasteiger partial charge in [0.2, 0.25) is 0 Å². The molecule has 0 aromatic rings. The molecule has 0 saturated heterocycles. The third kappa shape index (κ3) is 5.67. The van der Waals surface area contributed by atoms with Crippen LogP contribution in [0.2, 0.25) is 0 Å². The summed E-state index contributed by atoms with van der Waals surface area (Å²) in [5.41, 5.74) is 0.741. The van der Waals surface area contributed by atoms with Crippen LogP contribution in [0.15, 0.2) is 24.3 Å². The minimum Gasteiger partial charge on any atom is -0.466 e. The zero-order valence-corrected chi connectivity index (χ0v) is 9.17. The van der Waals surface area contributed by atoms with E-state index in [9.17, 15) is 9.59 Å². The predicted octanol–water partition coefficient (Wildman–Crippen LogP) is 1.62. The molecular weight excluding hydrogens is 196 g/mol. The van der Waals surface area contributed by atoms with E-state index in [4.69, 9.17) is 4.74 Å². The summed E-state index contributed by atoms with van der Waals surface area (Å²) in [6.07, 6.45) is 1.00. The van der Waals surface area contributed by atoms with Crippen molar-refractivity contribution in [1.82, 2.24) is 0 Å². The van der Waals surface area contributed by atoms with Crippen LogP contribution in [0.5, 0.6) is 0 Å². The summed E-state index contributed by atoms with van der Waals surface area (Å²) in [5.74, 6) is -0.847. The number of carbonyl (C=O) groups is 2. The predicted molar refractivity (Wildman–Crippen MR) is 56.2 cm³/mol. The van der Waals surface area contributed by atoms with Crippen molar-refractivity contribution in [2.24, 2.45) is 0 Å². The maximum Gasteiger partial charge on any atom is 0.333 e. The number of hydrogen-bond donors (Lipinski definition) is 0. The lowest BCUT2D eigenvalue weighted by molar-refractivity contribution is -0.139. The molecule has 0 bridgehead atoms. The molecule has 0 aromatic carbocycles. The Balaban J connectivity index is 3.64. The second-order valence-corrected chi connectivity index (χ2v) is 3.11. The molecule has 0 spiro atoms. The summed E-state index contributed by atoms with van der Waals surface area (Å²) in [4.78, 5) is 21.8. The van der Waals surface area contributed by atoms with E-state index in [2.05, 4.69) is 17.9 Å². The summed E-state index contributed by atoms with van der Waals surface area (Å²) < 4.78 is 9.30. The van der Waals surface area contributed by atoms with Crippen molar-refractivity contribution in [3.63, 3.8) is 0 Å². The van der Waals surface area contributed by atoms with E-state index in [1.54, 1.807) is 6.92 Å². The number of esters is 2. The van der Waals surface area contributed by atoms with Gasteiger partial charge in [-0.1, -0.05) is 13.2 Å². The molecule has 84 valence electrons. The van der Waals surface area contributed by atoms with Gasteiger partial charge in [0.1, 0.15) is 0 Å². The van der Waals surface area contributed by atoms with Gasteiger partial charge in [0.15, 0.2) is 0 Å². The van der Waals surface area contributed by atoms with Gasteiger partial charge in [-0.25, -0.2) is 9.59 Å². The summed E-state index contributed by atoms with van der Waals surface area (Å²) >= 11 is 0. The van der Waals surface area contributed by atoms with Gasteiger partial charge in [0.25, 0.3) is 0 Å². The molecule has 0 unspecified atom stereocenters. The van der Waals surface area contributed by atoms with E-state index in [-0.39, 0.29) is 6.61 Å². The van der Waals surface area contributed by atoms with Crippen molar-refractivity contribution in [3.05, 3.63) is 24.3 Å². The van der Waals surface area contributed by atoms with Crippen LogP contribution in [0, 0.1) is 0 Å². The van der Waals surface area contributed by atoms with Crippen molar-refractivity contribution >= 4 is 11.9 Å². The highest BCUT2D eigenvalue weighted by Gasteiger charge is 2.07. The van der Waals surface area contributed by atoms with E-state index in [0.717, 1.165) is 0 Å². The molecule has 15 heavy (non-hydrogen) atoms. The molecule has 0 radical (unpaired) electrons. The van der Waals surface area contributed by atoms with E-state index in [1.165, 1.54) is 7.11 Å². The Bertz CT molecular complexity index is 278. The lowest BCUT2D eigenvalue weighted by atomic mass is 10.2. The highest BCUT2D eigenvalue weighted by atomic mass is 16.5. The molecule has 0 amide bonds. The highest BCUT2D eigenvalue weighted by Crippen LogP contribution is 2.05. The molecule has 0 N–H and O–H groups in total. The smallest absolute Gasteiger partial charge is 0.333 e. The van der Waals surface area contributed by atoms with Gasteiger partial charge in [-0.3, -0.25) is 0 Å². The van der Waals surface area contributed by atoms with Crippen LogP contribution in [0.4, 0.5) is 0 Å². The summed E-state index contributed by atoms with van der Waals surface area (Å²) in [7, 11) is 1.30. The van der Waals surface area contributed by atoms with Crippen LogP contribution in [-0.2, 0) is 19.1 Å². The van der Waals surface area contributed by atoms with Crippen LogP contribution in [0.25, 0.3) is 0 Å². The van der Waals surface area contributed by atoms with Gasteiger partial charge in [-0.15, -0.1) is 0 Å². The molecule has 0 atom stereocenters. The van der Waals surface area contributed by atoms with Gasteiger partial charge in [0.05, 0.1) is 13.7 Å². The van der Waals surface area contributed by atoms with Gasteiger partial charge < -0.3 is 9.47 Å². The van der Waals surface area contributed by atoms with Crippen LogP contribution in [0.3, 0.4) is 0 Å². The quantitative estimate of drug-likeness (QED) is 0.381. The van der Waals surface area contributed by atoms with E-state index in [0.29, 0.717) is 24.0 Å². The van der Waals surface area contributed by atoms with Crippen LogP contribution < -0.4 is 0 Å². The minimum atomic E-state index is -0.429. The van der Waals surface area contributed by atoms with E-state index < -0.39 is 11.9 Å². The molecule has 0 aliphatic rings. The lowest BCUT2D eigenvalue weighted by Gasteiger charge is -2.05. The normalized spacial score (nSPS) is 9.20. The van der Waals surface area contributed by atoms with Crippen molar-refractivity contribution in [1.29, 1.82) is 0 Å². The summed E-state index contributed by atoms with van der Waals surface area (Å²) in [6, 6.07) is 0. The SMILES string of the molecule is C=C(C)C(=O)OCCCC(=C)C(=O)OC. The van der Waals surface area contributed by atoms with Crippen molar-refractivity contribution in [2.75, 3.05) is 13.7 Å². The average molecular weight is 212 g/mol. The fraction of sp³-hybridized carbons (Fsp3) is 0.455. The topological polar surface area (TPSA) is 52.6 Å². The lowest BCUT2D eigenvalue weighted by Crippen LogP contribution is -2.08. The van der Waals surface area contributed by atoms with Crippen LogP contribution in [-0.4, -0.2) is 25.7 Å². The molecule has 4 heteroatoms. The molecule has 0 aliphatic carbocycles. The molecule has 0 rings (SSSR count). The third-order valence-electron chi connectivity index (χ3n) is 1.68. The Kier molecular flexibility index (Phi) is 6.09. The fourth-order valence-electron chi connectivity index (χ4n) is 0.820. The Hall–Kier alpha value is -1.58. The van der Waals surface area contributed by atoms with Crippen LogP contribution in [0.1, 0.15) is 19.8 Å². The highest BCUT2D eigenvalue weighted by molar-refractivity contribution is 5.87. The van der Waals surface area contributed by atoms with Crippen molar-refractivity contribution < 1.29 is 19.1 Å². The monoisotopic (exact) mass is 212 g/mol. The molecule has 0 saturated carbocycles.